The first kappa shape index (κ1) is 23.4. The predicted molar refractivity (Wildman–Crippen MR) is 99.2 cm³/mol. The standard InChI is InChI=1S/C20H40O4/c1-2-3-4-5-6-7-8-9-10-11-12-13-14-15-16-20(17-21,18-22)19(23)24/h21-22H,2-18H2,1H3,(H,23,24). The van der Waals surface area contributed by atoms with E-state index in [1.54, 1.807) is 0 Å². The van der Waals surface area contributed by atoms with Crippen LogP contribution in [0.2, 0.25) is 0 Å². The van der Waals surface area contributed by atoms with Crippen molar-refractivity contribution in [3.05, 3.63) is 0 Å². The van der Waals surface area contributed by atoms with Crippen LogP contribution in [-0.4, -0.2) is 34.5 Å². The maximum atomic E-state index is 11.1. The van der Waals surface area contributed by atoms with Crippen molar-refractivity contribution in [2.45, 2.75) is 103 Å². The minimum atomic E-state index is -1.35. The van der Waals surface area contributed by atoms with E-state index in [-0.39, 0.29) is 0 Å². The highest BCUT2D eigenvalue weighted by molar-refractivity contribution is 5.74. The third-order valence-electron chi connectivity index (χ3n) is 5.07. The number of rotatable bonds is 18. The van der Waals surface area contributed by atoms with Crippen LogP contribution in [0.15, 0.2) is 0 Å². The maximum absolute atomic E-state index is 11.1. The topological polar surface area (TPSA) is 77.8 Å². The minimum absolute atomic E-state index is 0.355. The normalized spacial score (nSPS) is 11.8. The van der Waals surface area contributed by atoms with Crippen LogP contribution in [0.4, 0.5) is 0 Å². The van der Waals surface area contributed by atoms with Crippen LogP contribution in [0.3, 0.4) is 0 Å². The fourth-order valence-electron chi connectivity index (χ4n) is 3.11. The fourth-order valence-corrected chi connectivity index (χ4v) is 3.11. The average Bonchev–Trinajstić information content (AvgIpc) is 2.58. The van der Waals surface area contributed by atoms with Gasteiger partial charge in [0.25, 0.3) is 0 Å². The van der Waals surface area contributed by atoms with Crippen molar-refractivity contribution in [2.75, 3.05) is 13.2 Å². The summed E-state index contributed by atoms with van der Waals surface area (Å²) in [6.45, 7) is 1.27. The first-order valence-corrected chi connectivity index (χ1v) is 10.1. The molecule has 0 unspecified atom stereocenters. The van der Waals surface area contributed by atoms with Crippen molar-refractivity contribution >= 4 is 5.97 Å². The molecule has 4 nitrogen and oxygen atoms in total. The molecule has 0 heterocycles. The van der Waals surface area contributed by atoms with Gasteiger partial charge in [-0.25, -0.2) is 0 Å². The van der Waals surface area contributed by atoms with Crippen LogP contribution < -0.4 is 0 Å². The first-order chi connectivity index (χ1) is 11.6. The zero-order chi connectivity index (χ0) is 18.1. The third-order valence-corrected chi connectivity index (χ3v) is 5.07. The molecule has 0 aliphatic heterocycles. The van der Waals surface area contributed by atoms with Crippen LogP contribution in [0.25, 0.3) is 0 Å². The molecule has 0 amide bonds. The number of aliphatic carboxylic acids is 1. The SMILES string of the molecule is CCCCCCCCCCCCCCCCC(CO)(CO)C(=O)O. The molecule has 0 saturated heterocycles. The van der Waals surface area contributed by atoms with Gasteiger partial charge >= 0.3 is 5.97 Å². The van der Waals surface area contributed by atoms with Gasteiger partial charge < -0.3 is 15.3 Å². The number of aliphatic hydroxyl groups is 2. The van der Waals surface area contributed by atoms with Gasteiger partial charge in [0.05, 0.1) is 13.2 Å². The van der Waals surface area contributed by atoms with E-state index < -0.39 is 24.6 Å². The van der Waals surface area contributed by atoms with Crippen LogP contribution in [0.5, 0.6) is 0 Å². The number of hydrogen-bond donors (Lipinski definition) is 3. The van der Waals surface area contributed by atoms with E-state index in [2.05, 4.69) is 6.92 Å². The Morgan fingerprint density at radius 2 is 1.00 bits per heavy atom. The number of aliphatic hydroxyl groups excluding tert-OH is 2. The first-order valence-electron chi connectivity index (χ1n) is 10.1. The summed E-state index contributed by atoms with van der Waals surface area (Å²) in [5.41, 5.74) is -1.35. The lowest BCUT2D eigenvalue weighted by molar-refractivity contribution is -0.155. The summed E-state index contributed by atoms with van der Waals surface area (Å²) in [7, 11) is 0. The fraction of sp³-hybridized carbons (Fsp3) is 0.950. The molecule has 4 heteroatoms. The molecule has 144 valence electrons. The quantitative estimate of drug-likeness (QED) is 0.309. The number of carboxylic acid groups (broad SMARTS) is 1. The second kappa shape index (κ2) is 15.9. The van der Waals surface area contributed by atoms with Crippen LogP contribution in [0, 0.1) is 5.41 Å². The Morgan fingerprint density at radius 1 is 0.667 bits per heavy atom. The van der Waals surface area contributed by atoms with Gasteiger partial charge in [0, 0.05) is 0 Å². The molecule has 0 radical (unpaired) electrons. The van der Waals surface area contributed by atoms with E-state index in [1.165, 1.54) is 70.6 Å². The summed E-state index contributed by atoms with van der Waals surface area (Å²) >= 11 is 0. The summed E-state index contributed by atoms with van der Waals surface area (Å²) in [5.74, 6) is -1.10. The Balaban J connectivity index is 3.38. The third kappa shape index (κ3) is 11.0. The molecule has 24 heavy (non-hydrogen) atoms. The zero-order valence-corrected chi connectivity index (χ0v) is 15.8. The lowest BCUT2D eigenvalue weighted by atomic mass is 9.84. The average molecular weight is 345 g/mol. The van der Waals surface area contributed by atoms with Crippen LogP contribution >= 0.6 is 0 Å². The number of carbonyl (C=O) groups is 1. The van der Waals surface area contributed by atoms with Gasteiger partial charge in [-0.15, -0.1) is 0 Å². The summed E-state index contributed by atoms with van der Waals surface area (Å²) < 4.78 is 0. The zero-order valence-electron chi connectivity index (χ0n) is 15.8. The van der Waals surface area contributed by atoms with Crippen LogP contribution in [0.1, 0.15) is 103 Å². The van der Waals surface area contributed by atoms with E-state index in [4.69, 9.17) is 5.11 Å². The Kier molecular flexibility index (Phi) is 15.5. The summed E-state index contributed by atoms with van der Waals surface area (Å²) in [5, 5.41) is 27.5. The number of unbranched alkanes of at least 4 members (excludes halogenated alkanes) is 13. The lowest BCUT2D eigenvalue weighted by Gasteiger charge is -2.24. The second-order valence-electron chi connectivity index (χ2n) is 7.25. The summed E-state index contributed by atoms with van der Waals surface area (Å²) in [6.07, 6.45) is 17.9. The minimum Gasteiger partial charge on any atom is -0.481 e. The highest BCUT2D eigenvalue weighted by atomic mass is 16.4. The van der Waals surface area contributed by atoms with Gasteiger partial charge in [-0.05, 0) is 6.42 Å². The van der Waals surface area contributed by atoms with Crippen molar-refractivity contribution < 1.29 is 20.1 Å². The molecule has 0 atom stereocenters. The molecule has 0 aromatic rings. The van der Waals surface area contributed by atoms with E-state index in [0.717, 1.165) is 19.3 Å². The van der Waals surface area contributed by atoms with E-state index in [9.17, 15) is 15.0 Å². The predicted octanol–water partition coefficient (Wildman–Crippen LogP) is 4.91. The van der Waals surface area contributed by atoms with Crippen molar-refractivity contribution in [1.82, 2.24) is 0 Å². The van der Waals surface area contributed by atoms with E-state index in [0.29, 0.717) is 6.42 Å². The smallest absolute Gasteiger partial charge is 0.314 e. The van der Waals surface area contributed by atoms with Crippen molar-refractivity contribution in [3.63, 3.8) is 0 Å². The highest BCUT2D eigenvalue weighted by Crippen LogP contribution is 2.25. The van der Waals surface area contributed by atoms with Gasteiger partial charge in [-0.2, -0.15) is 0 Å². The Bertz CT molecular complexity index is 287. The molecular weight excluding hydrogens is 304 g/mol. The molecule has 0 aliphatic rings. The van der Waals surface area contributed by atoms with Gasteiger partial charge in [0.1, 0.15) is 5.41 Å². The highest BCUT2D eigenvalue weighted by Gasteiger charge is 2.36. The van der Waals surface area contributed by atoms with E-state index >= 15 is 0 Å². The van der Waals surface area contributed by atoms with Gasteiger partial charge in [-0.3, -0.25) is 4.79 Å². The molecule has 0 aromatic carbocycles. The summed E-state index contributed by atoms with van der Waals surface area (Å²) in [6, 6.07) is 0. The monoisotopic (exact) mass is 344 g/mol. The van der Waals surface area contributed by atoms with Gasteiger partial charge in [-0.1, -0.05) is 96.8 Å². The van der Waals surface area contributed by atoms with Gasteiger partial charge in [0.15, 0.2) is 0 Å². The molecule has 0 bridgehead atoms. The maximum Gasteiger partial charge on any atom is 0.314 e. The molecule has 0 fully saturated rings. The van der Waals surface area contributed by atoms with E-state index in [1.807, 2.05) is 0 Å². The lowest BCUT2D eigenvalue weighted by Crippen LogP contribution is -2.38. The Morgan fingerprint density at radius 3 is 1.29 bits per heavy atom. The molecule has 0 aromatic heterocycles. The Hall–Kier alpha value is -0.610. The van der Waals surface area contributed by atoms with Crippen molar-refractivity contribution in [3.8, 4) is 0 Å². The van der Waals surface area contributed by atoms with Crippen molar-refractivity contribution in [1.29, 1.82) is 0 Å². The molecule has 0 spiro atoms. The molecular formula is C20H40O4. The largest absolute Gasteiger partial charge is 0.481 e. The molecule has 0 saturated carbocycles. The Labute approximate surface area is 148 Å². The molecule has 0 rings (SSSR count). The second-order valence-corrected chi connectivity index (χ2v) is 7.25. The number of carboxylic acids is 1. The van der Waals surface area contributed by atoms with Gasteiger partial charge in [0.2, 0.25) is 0 Å². The molecule has 3 N–H and O–H groups in total. The molecule has 0 aliphatic carbocycles. The summed E-state index contributed by atoms with van der Waals surface area (Å²) in [4.78, 5) is 11.1. The number of hydrogen-bond acceptors (Lipinski definition) is 3. The van der Waals surface area contributed by atoms with Crippen LogP contribution in [-0.2, 0) is 4.79 Å². The van der Waals surface area contributed by atoms with Crippen molar-refractivity contribution in [2.24, 2.45) is 5.41 Å².